The van der Waals surface area contributed by atoms with Gasteiger partial charge in [-0.25, -0.2) is 4.98 Å². The summed E-state index contributed by atoms with van der Waals surface area (Å²) in [5.74, 6) is 0.492. The zero-order chi connectivity index (χ0) is 18.7. The summed E-state index contributed by atoms with van der Waals surface area (Å²) in [6.45, 7) is 9.32. The van der Waals surface area contributed by atoms with E-state index in [4.69, 9.17) is 0 Å². The van der Waals surface area contributed by atoms with Crippen LogP contribution in [0.5, 0.6) is 0 Å². The van der Waals surface area contributed by atoms with Crippen molar-refractivity contribution in [3.63, 3.8) is 0 Å². The highest BCUT2D eigenvalue weighted by Crippen LogP contribution is 2.18. The van der Waals surface area contributed by atoms with E-state index in [1.165, 1.54) is 11.1 Å². The first-order chi connectivity index (χ1) is 12.5. The van der Waals surface area contributed by atoms with E-state index >= 15 is 0 Å². The third-order valence-electron chi connectivity index (χ3n) is 4.93. The number of fused-ring (bicyclic) bond motifs is 1. The third-order valence-corrected chi connectivity index (χ3v) is 4.93. The van der Waals surface area contributed by atoms with Crippen LogP contribution in [-0.4, -0.2) is 9.38 Å². The SMILES string of the molecule is CCc1ccc([C@H]([NH2+]Cc2cc(=O)n3cc(C)ccc3n2)C(C)C)cc1. The van der Waals surface area contributed by atoms with E-state index in [-0.39, 0.29) is 5.56 Å². The van der Waals surface area contributed by atoms with Gasteiger partial charge in [0.25, 0.3) is 5.56 Å². The molecule has 0 aliphatic carbocycles. The van der Waals surface area contributed by atoms with E-state index in [0.29, 0.717) is 24.2 Å². The normalized spacial score (nSPS) is 12.7. The highest BCUT2D eigenvalue weighted by Gasteiger charge is 2.19. The quantitative estimate of drug-likeness (QED) is 0.743. The molecule has 0 radical (unpaired) electrons. The number of quaternary nitrogens is 1. The van der Waals surface area contributed by atoms with Crippen LogP contribution in [0.3, 0.4) is 0 Å². The van der Waals surface area contributed by atoms with Crippen molar-refractivity contribution in [2.75, 3.05) is 0 Å². The molecule has 3 rings (SSSR count). The molecule has 2 N–H and O–H groups in total. The van der Waals surface area contributed by atoms with Crippen LogP contribution in [0, 0.1) is 12.8 Å². The predicted octanol–water partition coefficient (Wildman–Crippen LogP) is 3.03. The first kappa shape index (κ1) is 18.3. The van der Waals surface area contributed by atoms with Crippen LogP contribution in [-0.2, 0) is 13.0 Å². The molecule has 26 heavy (non-hydrogen) atoms. The van der Waals surface area contributed by atoms with Crippen molar-refractivity contribution in [1.29, 1.82) is 0 Å². The van der Waals surface area contributed by atoms with Crippen LogP contribution >= 0.6 is 0 Å². The number of hydrogen-bond acceptors (Lipinski definition) is 2. The molecular weight excluding hydrogens is 322 g/mol. The second kappa shape index (κ2) is 7.83. The minimum Gasteiger partial charge on any atom is -0.335 e. The summed E-state index contributed by atoms with van der Waals surface area (Å²) in [7, 11) is 0. The van der Waals surface area contributed by atoms with Crippen molar-refractivity contribution in [3.8, 4) is 0 Å². The van der Waals surface area contributed by atoms with Gasteiger partial charge in [-0.3, -0.25) is 9.20 Å². The van der Waals surface area contributed by atoms with Crippen molar-refractivity contribution in [2.45, 2.75) is 46.7 Å². The average Bonchev–Trinajstić information content (AvgIpc) is 2.63. The Balaban J connectivity index is 1.81. The summed E-state index contributed by atoms with van der Waals surface area (Å²) in [6, 6.07) is 14.8. The number of benzene rings is 1. The molecule has 0 amide bonds. The van der Waals surface area contributed by atoms with Gasteiger partial charge in [-0.1, -0.05) is 51.1 Å². The summed E-state index contributed by atoms with van der Waals surface area (Å²) in [4.78, 5) is 17.0. The van der Waals surface area contributed by atoms with Gasteiger partial charge in [-0.15, -0.1) is 0 Å². The second-order valence-electron chi connectivity index (χ2n) is 7.33. The average molecular weight is 350 g/mol. The molecule has 0 unspecified atom stereocenters. The highest BCUT2D eigenvalue weighted by molar-refractivity contribution is 5.39. The largest absolute Gasteiger partial charge is 0.335 e. The Morgan fingerprint density at radius 3 is 2.50 bits per heavy atom. The van der Waals surface area contributed by atoms with Gasteiger partial charge in [0.05, 0.1) is 0 Å². The van der Waals surface area contributed by atoms with Gasteiger partial charge in [0.15, 0.2) is 0 Å². The second-order valence-corrected chi connectivity index (χ2v) is 7.33. The first-order valence-corrected chi connectivity index (χ1v) is 9.39. The van der Waals surface area contributed by atoms with Crippen molar-refractivity contribution in [3.05, 3.63) is 81.4 Å². The summed E-state index contributed by atoms with van der Waals surface area (Å²) in [5.41, 5.74) is 5.25. The zero-order valence-corrected chi connectivity index (χ0v) is 16.1. The van der Waals surface area contributed by atoms with Gasteiger partial charge < -0.3 is 5.32 Å². The third kappa shape index (κ3) is 4.02. The van der Waals surface area contributed by atoms with Crippen molar-refractivity contribution in [1.82, 2.24) is 9.38 Å². The van der Waals surface area contributed by atoms with Gasteiger partial charge in [0.2, 0.25) is 0 Å². The fraction of sp³-hybridized carbons (Fsp3) is 0.364. The maximum absolute atomic E-state index is 12.4. The molecule has 0 aliphatic heterocycles. The molecule has 1 aromatic carbocycles. The number of nitrogens with zero attached hydrogens (tertiary/aromatic N) is 2. The number of nitrogens with two attached hydrogens (primary N) is 1. The molecule has 1 atom stereocenters. The van der Waals surface area contributed by atoms with E-state index in [1.54, 1.807) is 10.5 Å². The van der Waals surface area contributed by atoms with Crippen LogP contribution in [0.15, 0.2) is 53.5 Å². The molecule has 0 fully saturated rings. The lowest BCUT2D eigenvalue weighted by Crippen LogP contribution is -2.84. The zero-order valence-electron chi connectivity index (χ0n) is 16.1. The molecule has 4 nitrogen and oxygen atoms in total. The van der Waals surface area contributed by atoms with Gasteiger partial charge in [-0.05, 0) is 30.5 Å². The molecule has 136 valence electrons. The summed E-state index contributed by atoms with van der Waals surface area (Å²) >= 11 is 0. The Labute approximate surface area is 154 Å². The van der Waals surface area contributed by atoms with E-state index < -0.39 is 0 Å². The van der Waals surface area contributed by atoms with Crippen LogP contribution in [0.25, 0.3) is 5.65 Å². The Morgan fingerprint density at radius 1 is 1.12 bits per heavy atom. The lowest BCUT2D eigenvalue weighted by atomic mass is 9.95. The molecule has 0 bridgehead atoms. The van der Waals surface area contributed by atoms with E-state index in [2.05, 4.69) is 55.3 Å². The molecule has 3 aromatic rings. The van der Waals surface area contributed by atoms with Gasteiger partial charge in [0.1, 0.15) is 23.9 Å². The van der Waals surface area contributed by atoms with Crippen LogP contribution in [0.2, 0.25) is 0 Å². The number of aryl methyl sites for hydroxylation is 2. The maximum atomic E-state index is 12.4. The van der Waals surface area contributed by atoms with Gasteiger partial charge >= 0.3 is 0 Å². The minimum atomic E-state index is -0.0181. The Bertz CT molecular complexity index is 942. The summed E-state index contributed by atoms with van der Waals surface area (Å²) in [5, 5.41) is 2.29. The van der Waals surface area contributed by atoms with Crippen molar-refractivity contribution in [2.24, 2.45) is 5.92 Å². The highest BCUT2D eigenvalue weighted by atomic mass is 16.1. The van der Waals surface area contributed by atoms with E-state index in [1.807, 2.05) is 25.3 Å². The Kier molecular flexibility index (Phi) is 5.52. The van der Waals surface area contributed by atoms with Crippen LogP contribution in [0.1, 0.15) is 49.2 Å². The van der Waals surface area contributed by atoms with Gasteiger partial charge in [0, 0.05) is 23.7 Å². The lowest BCUT2D eigenvalue weighted by Gasteiger charge is -2.20. The number of aromatic nitrogens is 2. The van der Waals surface area contributed by atoms with Gasteiger partial charge in [-0.2, -0.15) is 0 Å². The Hall–Kier alpha value is -2.46. The molecule has 4 heteroatoms. The molecular formula is C22H28N3O+. The van der Waals surface area contributed by atoms with E-state index in [0.717, 1.165) is 17.7 Å². The molecule has 0 saturated carbocycles. The maximum Gasteiger partial charge on any atom is 0.258 e. The van der Waals surface area contributed by atoms with Crippen molar-refractivity contribution >= 4 is 5.65 Å². The fourth-order valence-corrected chi connectivity index (χ4v) is 3.38. The van der Waals surface area contributed by atoms with Crippen LogP contribution in [0.4, 0.5) is 0 Å². The van der Waals surface area contributed by atoms with E-state index in [9.17, 15) is 4.79 Å². The molecule has 0 spiro atoms. The monoisotopic (exact) mass is 350 g/mol. The molecule has 2 heterocycles. The van der Waals surface area contributed by atoms with Crippen molar-refractivity contribution < 1.29 is 5.32 Å². The number of rotatable bonds is 6. The smallest absolute Gasteiger partial charge is 0.258 e. The molecule has 0 aliphatic rings. The molecule has 0 saturated heterocycles. The fourth-order valence-electron chi connectivity index (χ4n) is 3.38. The topological polar surface area (TPSA) is 51.0 Å². The van der Waals surface area contributed by atoms with Crippen LogP contribution < -0.4 is 10.9 Å². The minimum absolute atomic E-state index is 0.0181. The predicted molar refractivity (Wildman–Crippen MR) is 105 cm³/mol. The summed E-state index contributed by atoms with van der Waals surface area (Å²) < 4.78 is 1.61. The lowest BCUT2D eigenvalue weighted by molar-refractivity contribution is -0.717. The molecule has 2 aromatic heterocycles. The Morgan fingerprint density at radius 2 is 1.85 bits per heavy atom. The summed E-state index contributed by atoms with van der Waals surface area (Å²) in [6.07, 6.45) is 2.89. The number of pyridine rings is 1. The standard InChI is InChI=1S/C22H27N3O/c1-5-17-7-9-18(10-8-17)22(15(2)3)23-13-19-12-21(26)25-14-16(4)6-11-20(25)24-19/h6-12,14-15,22-23H,5,13H2,1-4H3/p+1/t22-/m1/s1. The number of hydrogen-bond donors (Lipinski definition) is 1. The first-order valence-electron chi connectivity index (χ1n) is 9.39.